The molecular weight excluding hydrogens is 284 g/mol. The van der Waals surface area contributed by atoms with Crippen LogP contribution >= 0.6 is 0 Å². The molecule has 20 heavy (non-hydrogen) atoms. The van der Waals surface area contributed by atoms with Crippen molar-refractivity contribution in [3.63, 3.8) is 0 Å². The highest BCUT2D eigenvalue weighted by Crippen LogP contribution is 2.10. The SMILES string of the molecule is C=CCOS(=O)(=O)OOc1ccccc1.CCOCC. The fourth-order valence-corrected chi connectivity index (χ4v) is 1.38. The van der Waals surface area contributed by atoms with Crippen molar-refractivity contribution in [1.29, 1.82) is 0 Å². The van der Waals surface area contributed by atoms with Crippen molar-refractivity contribution in [2.75, 3.05) is 19.8 Å². The summed E-state index contributed by atoms with van der Waals surface area (Å²) in [6, 6.07) is 8.20. The predicted octanol–water partition coefficient (Wildman–Crippen LogP) is 2.49. The predicted molar refractivity (Wildman–Crippen MR) is 75.4 cm³/mol. The van der Waals surface area contributed by atoms with Crippen LogP contribution in [0.5, 0.6) is 5.75 Å². The molecule has 0 fully saturated rings. The Morgan fingerprint density at radius 3 is 2.20 bits per heavy atom. The number of rotatable bonds is 8. The van der Waals surface area contributed by atoms with Crippen LogP contribution in [0, 0.1) is 0 Å². The van der Waals surface area contributed by atoms with Crippen molar-refractivity contribution in [2.45, 2.75) is 13.8 Å². The van der Waals surface area contributed by atoms with Crippen LogP contribution in [0.2, 0.25) is 0 Å². The van der Waals surface area contributed by atoms with Gasteiger partial charge in [0.15, 0.2) is 5.75 Å². The third-order valence-corrected chi connectivity index (χ3v) is 2.35. The quantitative estimate of drug-likeness (QED) is 0.417. The zero-order chi connectivity index (χ0) is 15.3. The number of hydrogen-bond acceptors (Lipinski definition) is 6. The maximum atomic E-state index is 10.9. The van der Waals surface area contributed by atoms with E-state index in [1.807, 2.05) is 13.8 Å². The van der Waals surface area contributed by atoms with Crippen LogP contribution in [0.4, 0.5) is 0 Å². The highest BCUT2D eigenvalue weighted by atomic mass is 32.3. The summed E-state index contributed by atoms with van der Waals surface area (Å²) in [6.45, 7) is 8.80. The van der Waals surface area contributed by atoms with Crippen molar-refractivity contribution in [3.05, 3.63) is 43.0 Å². The second kappa shape index (κ2) is 11.4. The van der Waals surface area contributed by atoms with Crippen LogP contribution in [0.25, 0.3) is 0 Å². The Kier molecular flexibility index (Phi) is 10.6. The van der Waals surface area contributed by atoms with E-state index in [0.29, 0.717) is 0 Å². The second-order valence-corrected chi connectivity index (χ2v) is 4.42. The van der Waals surface area contributed by atoms with Gasteiger partial charge >= 0.3 is 10.4 Å². The van der Waals surface area contributed by atoms with Crippen molar-refractivity contribution in [2.24, 2.45) is 0 Å². The summed E-state index contributed by atoms with van der Waals surface area (Å²) >= 11 is 0. The molecule has 0 radical (unpaired) electrons. The molecule has 0 saturated heterocycles. The maximum Gasteiger partial charge on any atom is 0.435 e. The lowest BCUT2D eigenvalue weighted by atomic mass is 10.3. The average Bonchev–Trinajstić information content (AvgIpc) is 2.46. The van der Waals surface area contributed by atoms with E-state index >= 15 is 0 Å². The Bertz CT molecular complexity index is 441. The molecule has 1 aromatic rings. The first-order valence-electron chi connectivity index (χ1n) is 6.04. The standard InChI is InChI=1S/C9H10O5S.C4H10O/c1-2-8-12-15(10,11)14-13-9-6-4-3-5-7-9;1-3-5-4-2/h2-7H,1,8H2;3-4H2,1-2H3. The van der Waals surface area contributed by atoms with Crippen LogP contribution in [0.15, 0.2) is 43.0 Å². The van der Waals surface area contributed by atoms with Crippen LogP contribution in [-0.2, 0) is 23.7 Å². The molecule has 0 N–H and O–H groups in total. The lowest BCUT2D eigenvalue weighted by Gasteiger charge is -2.03. The van der Waals surface area contributed by atoms with Gasteiger partial charge in [0, 0.05) is 13.2 Å². The van der Waals surface area contributed by atoms with Crippen molar-refractivity contribution in [3.8, 4) is 5.75 Å². The molecule has 6 nitrogen and oxygen atoms in total. The Balaban J connectivity index is 0.000000621. The maximum absolute atomic E-state index is 10.9. The van der Waals surface area contributed by atoms with Crippen LogP contribution in [-0.4, -0.2) is 28.2 Å². The van der Waals surface area contributed by atoms with Gasteiger partial charge in [0.2, 0.25) is 0 Å². The smallest absolute Gasteiger partial charge is 0.382 e. The summed E-state index contributed by atoms with van der Waals surface area (Å²) in [6.07, 6.45) is 1.28. The molecule has 0 amide bonds. The summed E-state index contributed by atoms with van der Waals surface area (Å²) in [5.74, 6) is 0.267. The molecule has 0 spiro atoms. The summed E-state index contributed by atoms with van der Waals surface area (Å²) in [4.78, 5) is 4.52. The first kappa shape index (κ1) is 18.6. The van der Waals surface area contributed by atoms with Gasteiger partial charge in [-0.1, -0.05) is 24.3 Å². The van der Waals surface area contributed by atoms with E-state index in [4.69, 9.17) is 4.74 Å². The molecule has 0 aromatic heterocycles. The molecule has 0 atom stereocenters. The average molecular weight is 304 g/mol. The van der Waals surface area contributed by atoms with Crippen LogP contribution < -0.4 is 4.89 Å². The van der Waals surface area contributed by atoms with Gasteiger partial charge in [0.1, 0.15) is 0 Å². The largest absolute Gasteiger partial charge is 0.435 e. The van der Waals surface area contributed by atoms with Crippen LogP contribution in [0.3, 0.4) is 0 Å². The molecule has 0 unspecified atom stereocenters. The van der Waals surface area contributed by atoms with Gasteiger partial charge in [-0.25, -0.2) is 4.18 Å². The molecule has 1 aromatic carbocycles. The third kappa shape index (κ3) is 10.5. The number of ether oxygens (including phenoxy) is 1. The molecule has 0 aliphatic rings. The minimum atomic E-state index is -4.14. The van der Waals surface area contributed by atoms with Gasteiger partial charge in [-0.05, 0) is 30.3 Å². The van der Waals surface area contributed by atoms with E-state index in [9.17, 15) is 8.42 Å². The zero-order valence-corrected chi connectivity index (χ0v) is 12.5. The minimum absolute atomic E-state index is 0.166. The van der Waals surface area contributed by atoms with E-state index in [2.05, 4.69) is 20.0 Å². The van der Waals surface area contributed by atoms with Crippen molar-refractivity contribution in [1.82, 2.24) is 0 Å². The first-order chi connectivity index (χ1) is 9.55. The topological polar surface area (TPSA) is 71.1 Å². The zero-order valence-electron chi connectivity index (χ0n) is 11.7. The molecule has 7 heteroatoms. The summed E-state index contributed by atoms with van der Waals surface area (Å²) < 4.78 is 35.2. The Morgan fingerprint density at radius 1 is 1.15 bits per heavy atom. The second-order valence-electron chi connectivity index (χ2n) is 3.23. The first-order valence-corrected chi connectivity index (χ1v) is 7.38. The van der Waals surface area contributed by atoms with Gasteiger partial charge in [-0.15, -0.1) is 6.58 Å². The van der Waals surface area contributed by atoms with Gasteiger partial charge in [-0.3, -0.25) is 0 Å². The monoisotopic (exact) mass is 304 g/mol. The summed E-state index contributed by atoms with van der Waals surface area (Å²) in [5, 5.41) is 0. The molecule has 114 valence electrons. The number of benzene rings is 1. The normalized spacial score (nSPS) is 10.3. The van der Waals surface area contributed by atoms with E-state index in [1.54, 1.807) is 30.3 Å². The Hall–Kier alpha value is -1.41. The molecular formula is C13H20O6S. The van der Waals surface area contributed by atoms with Gasteiger partial charge in [0.05, 0.1) is 6.61 Å². The van der Waals surface area contributed by atoms with Crippen molar-refractivity contribution >= 4 is 10.4 Å². The van der Waals surface area contributed by atoms with Crippen LogP contribution in [0.1, 0.15) is 13.8 Å². The Labute approximate surface area is 120 Å². The summed E-state index contributed by atoms with van der Waals surface area (Å²) in [5.41, 5.74) is 0. The molecule has 1 rings (SSSR count). The molecule has 0 saturated carbocycles. The molecule has 0 aliphatic carbocycles. The number of para-hydroxylation sites is 1. The third-order valence-electron chi connectivity index (χ3n) is 1.70. The Morgan fingerprint density at radius 2 is 1.75 bits per heavy atom. The van der Waals surface area contributed by atoms with Crippen molar-refractivity contribution < 1.29 is 26.6 Å². The molecule has 0 heterocycles. The van der Waals surface area contributed by atoms with E-state index in [0.717, 1.165) is 13.2 Å². The highest BCUT2D eigenvalue weighted by molar-refractivity contribution is 7.81. The summed E-state index contributed by atoms with van der Waals surface area (Å²) in [7, 11) is -4.14. The molecule has 0 bridgehead atoms. The molecule has 0 aliphatic heterocycles. The lowest BCUT2D eigenvalue weighted by molar-refractivity contribution is -0.105. The minimum Gasteiger partial charge on any atom is -0.382 e. The van der Waals surface area contributed by atoms with Gasteiger partial charge < -0.3 is 9.62 Å². The highest BCUT2D eigenvalue weighted by Gasteiger charge is 2.12. The van der Waals surface area contributed by atoms with E-state index in [-0.39, 0.29) is 12.4 Å². The fraction of sp³-hybridized carbons (Fsp3) is 0.385. The van der Waals surface area contributed by atoms with E-state index < -0.39 is 10.4 Å². The fourth-order valence-electron chi connectivity index (χ4n) is 0.912. The van der Waals surface area contributed by atoms with E-state index in [1.165, 1.54) is 6.08 Å². The number of hydrogen-bond donors (Lipinski definition) is 0. The van der Waals surface area contributed by atoms with Gasteiger partial charge in [-0.2, -0.15) is 8.42 Å². The lowest BCUT2D eigenvalue weighted by Crippen LogP contribution is -2.12. The van der Waals surface area contributed by atoms with Gasteiger partial charge in [0.25, 0.3) is 0 Å².